The predicted molar refractivity (Wildman–Crippen MR) is 131 cm³/mol. The van der Waals surface area contributed by atoms with Crippen molar-refractivity contribution >= 4 is 39.5 Å². The zero-order valence-corrected chi connectivity index (χ0v) is 20.8. The molecule has 2 amide bonds. The van der Waals surface area contributed by atoms with Crippen LogP contribution in [0, 0.1) is 0 Å². The molecule has 0 saturated carbocycles. The van der Waals surface area contributed by atoms with Crippen LogP contribution in [0.15, 0.2) is 53.0 Å². The van der Waals surface area contributed by atoms with Crippen LogP contribution >= 0.6 is 27.7 Å². The van der Waals surface area contributed by atoms with Gasteiger partial charge in [-0.2, -0.15) is 0 Å². The second-order valence-electron chi connectivity index (χ2n) is 7.31. The zero-order chi connectivity index (χ0) is 22.6. The molecular formula is C24H31BrN2O3S. The summed E-state index contributed by atoms with van der Waals surface area (Å²) in [7, 11) is 1.64. The summed E-state index contributed by atoms with van der Waals surface area (Å²) in [6.07, 6.45) is 1.94. The third-order valence-electron chi connectivity index (χ3n) is 4.89. The standard InChI is InChI=1S/C24H31BrN2O3S/c1-4-5-13-26-24(29)18(2)27(15-20-7-6-8-21(25)14-20)23(28)17-31-16-19-9-11-22(30-3)12-10-19/h6-12,14,18H,4-5,13,15-17H2,1-3H3,(H,26,29). The van der Waals surface area contributed by atoms with Crippen molar-refractivity contribution in [3.05, 3.63) is 64.1 Å². The van der Waals surface area contributed by atoms with E-state index < -0.39 is 6.04 Å². The molecular weight excluding hydrogens is 476 g/mol. The van der Waals surface area contributed by atoms with Gasteiger partial charge in [0, 0.05) is 23.3 Å². The van der Waals surface area contributed by atoms with Crippen molar-refractivity contribution in [3.8, 4) is 5.75 Å². The number of methoxy groups -OCH3 is 1. The number of hydrogen-bond donors (Lipinski definition) is 1. The highest BCUT2D eigenvalue weighted by molar-refractivity contribution is 9.10. The number of unbranched alkanes of at least 4 members (excludes halogenated alkanes) is 1. The van der Waals surface area contributed by atoms with E-state index >= 15 is 0 Å². The minimum absolute atomic E-state index is 0.0448. The van der Waals surface area contributed by atoms with Gasteiger partial charge in [-0.3, -0.25) is 9.59 Å². The Kier molecular flexibility index (Phi) is 10.9. The molecule has 1 unspecified atom stereocenters. The molecule has 0 aliphatic carbocycles. The minimum Gasteiger partial charge on any atom is -0.497 e. The van der Waals surface area contributed by atoms with Gasteiger partial charge in [-0.1, -0.05) is 53.5 Å². The number of halogens is 1. The number of carbonyl (C=O) groups excluding carboxylic acids is 2. The maximum absolute atomic E-state index is 13.1. The number of benzene rings is 2. The third kappa shape index (κ3) is 8.57. The molecule has 2 aromatic rings. The molecule has 31 heavy (non-hydrogen) atoms. The van der Waals surface area contributed by atoms with Crippen LogP contribution in [-0.2, 0) is 21.9 Å². The summed E-state index contributed by atoms with van der Waals surface area (Å²) in [5.41, 5.74) is 2.11. The molecule has 1 N–H and O–H groups in total. The fourth-order valence-electron chi connectivity index (χ4n) is 3.01. The molecule has 168 valence electrons. The average Bonchev–Trinajstić information content (AvgIpc) is 2.77. The first-order chi connectivity index (χ1) is 14.9. The molecule has 0 saturated heterocycles. The maximum Gasteiger partial charge on any atom is 0.242 e. The first-order valence-electron chi connectivity index (χ1n) is 10.5. The normalized spacial score (nSPS) is 11.6. The maximum atomic E-state index is 13.1. The highest BCUT2D eigenvalue weighted by atomic mass is 79.9. The van der Waals surface area contributed by atoms with E-state index in [0.29, 0.717) is 18.8 Å². The van der Waals surface area contributed by atoms with E-state index in [9.17, 15) is 9.59 Å². The summed E-state index contributed by atoms with van der Waals surface area (Å²) in [4.78, 5) is 27.4. The van der Waals surface area contributed by atoms with Gasteiger partial charge in [0.05, 0.1) is 12.9 Å². The van der Waals surface area contributed by atoms with E-state index in [-0.39, 0.29) is 11.8 Å². The quantitative estimate of drug-likeness (QED) is 0.410. The molecule has 0 heterocycles. The van der Waals surface area contributed by atoms with Gasteiger partial charge in [0.1, 0.15) is 11.8 Å². The van der Waals surface area contributed by atoms with Crippen LogP contribution in [-0.4, -0.2) is 42.2 Å². The SMILES string of the molecule is CCCCNC(=O)C(C)N(Cc1cccc(Br)c1)C(=O)CSCc1ccc(OC)cc1. The topological polar surface area (TPSA) is 58.6 Å². The predicted octanol–water partition coefficient (Wildman–Crippen LogP) is 5.02. The number of nitrogens with zero attached hydrogens (tertiary/aromatic N) is 1. The molecule has 0 aromatic heterocycles. The Labute approximate surface area is 198 Å². The van der Waals surface area contributed by atoms with Crippen molar-refractivity contribution in [3.63, 3.8) is 0 Å². The van der Waals surface area contributed by atoms with Crippen molar-refractivity contribution in [1.82, 2.24) is 10.2 Å². The first-order valence-corrected chi connectivity index (χ1v) is 12.4. The summed E-state index contributed by atoms with van der Waals surface area (Å²) < 4.78 is 6.13. The smallest absolute Gasteiger partial charge is 0.242 e. The molecule has 0 radical (unpaired) electrons. The Morgan fingerprint density at radius 1 is 1.16 bits per heavy atom. The van der Waals surface area contributed by atoms with Crippen LogP contribution in [0.3, 0.4) is 0 Å². The number of carbonyl (C=O) groups is 2. The second kappa shape index (κ2) is 13.4. The summed E-state index contributed by atoms with van der Waals surface area (Å²) >= 11 is 5.03. The summed E-state index contributed by atoms with van der Waals surface area (Å²) in [5, 5.41) is 2.95. The van der Waals surface area contributed by atoms with Crippen LogP contribution < -0.4 is 10.1 Å². The second-order valence-corrected chi connectivity index (χ2v) is 9.21. The van der Waals surface area contributed by atoms with E-state index in [2.05, 4.69) is 28.2 Å². The number of amides is 2. The number of hydrogen-bond acceptors (Lipinski definition) is 4. The van der Waals surface area contributed by atoms with Gasteiger partial charge in [-0.15, -0.1) is 11.8 Å². The van der Waals surface area contributed by atoms with Crippen molar-refractivity contribution in [1.29, 1.82) is 0 Å². The lowest BCUT2D eigenvalue weighted by Crippen LogP contribution is -2.48. The summed E-state index contributed by atoms with van der Waals surface area (Å²) in [6.45, 7) is 4.90. The molecule has 5 nitrogen and oxygen atoms in total. The Morgan fingerprint density at radius 2 is 1.90 bits per heavy atom. The molecule has 7 heteroatoms. The molecule has 2 aromatic carbocycles. The van der Waals surface area contributed by atoms with E-state index in [4.69, 9.17) is 4.74 Å². The third-order valence-corrected chi connectivity index (χ3v) is 6.37. The number of rotatable bonds is 12. The molecule has 0 bridgehead atoms. The van der Waals surface area contributed by atoms with Crippen LogP contribution in [0.4, 0.5) is 0 Å². The Morgan fingerprint density at radius 3 is 2.55 bits per heavy atom. The van der Waals surface area contributed by atoms with E-state index in [1.807, 2.05) is 48.5 Å². The zero-order valence-electron chi connectivity index (χ0n) is 18.4. The van der Waals surface area contributed by atoms with Crippen molar-refractivity contribution in [2.45, 2.75) is 45.0 Å². The van der Waals surface area contributed by atoms with Gasteiger partial charge in [0.25, 0.3) is 0 Å². The fraction of sp³-hybridized carbons (Fsp3) is 0.417. The van der Waals surface area contributed by atoms with Crippen LogP contribution in [0.25, 0.3) is 0 Å². The van der Waals surface area contributed by atoms with Crippen molar-refractivity contribution in [2.75, 3.05) is 19.4 Å². The van der Waals surface area contributed by atoms with Crippen molar-refractivity contribution < 1.29 is 14.3 Å². The van der Waals surface area contributed by atoms with E-state index in [1.54, 1.807) is 30.7 Å². The van der Waals surface area contributed by atoms with Crippen LogP contribution in [0.2, 0.25) is 0 Å². The highest BCUT2D eigenvalue weighted by Gasteiger charge is 2.25. The Balaban J connectivity index is 2.02. The summed E-state index contributed by atoms with van der Waals surface area (Å²) in [6, 6.07) is 15.1. The van der Waals surface area contributed by atoms with Crippen LogP contribution in [0.5, 0.6) is 5.75 Å². The molecule has 1 atom stereocenters. The van der Waals surface area contributed by atoms with Gasteiger partial charge in [0.15, 0.2) is 0 Å². The van der Waals surface area contributed by atoms with Gasteiger partial charge < -0.3 is 15.0 Å². The fourth-order valence-corrected chi connectivity index (χ4v) is 4.33. The lowest BCUT2D eigenvalue weighted by Gasteiger charge is -2.29. The molecule has 0 aliphatic rings. The van der Waals surface area contributed by atoms with Gasteiger partial charge in [-0.05, 0) is 48.7 Å². The van der Waals surface area contributed by atoms with Gasteiger partial charge in [-0.25, -0.2) is 0 Å². The largest absolute Gasteiger partial charge is 0.497 e. The van der Waals surface area contributed by atoms with Gasteiger partial charge in [0.2, 0.25) is 11.8 Å². The number of ether oxygens (including phenoxy) is 1. The number of thioether (sulfide) groups is 1. The lowest BCUT2D eigenvalue weighted by atomic mass is 10.1. The van der Waals surface area contributed by atoms with Crippen LogP contribution in [0.1, 0.15) is 37.8 Å². The lowest BCUT2D eigenvalue weighted by molar-refractivity contribution is -0.138. The van der Waals surface area contributed by atoms with E-state index in [1.165, 1.54) is 0 Å². The highest BCUT2D eigenvalue weighted by Crippen LogP contribution is 2.19. The Bertz CT molecular complexity index is 845. The molecule has 0 spiro atoms. The minimum atomic E-state index is -0.537. The Hall–Kier alpha value is -1.99. The monoisotopic (exact) mass is 506 g/mol. The van der Waals surface area contributed by atoms with E-state index in [0.717, 1.165) is 39.9 Å². The van der Waals surface area contributed by atoms with Crippen molar-refractivity contribution in [2.24, 2.45) is 0 Å². The summed E-state index contributed by atoms with van der Waals surface area (Å²) in [5.74, 6) is 1.69. The average molecular weight is 507 g/mol. The van der Waals surface area contributed by atoms with Gasteiger partial charge >= 0.3 is 0 Å². The first kappa shape index (κ1) is 25.3. The number of nitrogens with one attached hydrogen (secondary N) is 1. The molecule has 2 rings (SSSR count). The molecule has 0 aliphatic heterocycles. The molecule has 0 fully saturated rings.